The second kappa shape index (κ2) is 5.46. The zero-order valence-electron chi connectivity index (χ0n) is 9.70. The van der Waals surface area contributed by atoms with E-state index in [0.29, 0.717) is 17.1 Å². The second-order valence-electron chi connectivity index (χ2n) is 3.41. The Kier molecular flexibility index (Phi) is 3.73. The molecule has 0 bridgehead atoms. The molecule has 0 fully saturated rings. The molecule has 2 aromatic rings. The average Bonchev–Trinajstić information content (AvgIpc) is 2.76. The zero-order valence-corrected chi connectivity index (χ0v) is 10.5. The molecule has 0 radical (unpaired) electrons. The largest absolute Gasteiger partial charge is 0.504 e. The molecule has 0 aliphatic rings. The smallest absolute Gasteiger partial charge is 0.216 e. The summed E-state index contributed by atoms with van der Waals surface area (Å²) in [5.41, 5.74) is 0.791. The summed E-state index contributed by atoms with van der Waals surface area (Å²) in [6.45, 7) is 2.34. The number of phenolic OH excluding ortho intramolecular Hbond substituents is 1. The van der Waals surface area contributed by atoms with E-state index in [4.69, 9.17) is 17.0 Å². The highest BCUT2D eigenvalue weighted by Crippen LogP contribution is 2.26. The fraction of sp³-hybridized carbons (Fsp3) is 0.182. The highest BCUT2D eigenvalue weighted by atomic mass is 32.1. The quantitative estimate of drug-likeness (QED) is 0.653. The van der Waals surface area contributed by atoms with Gasteiger partial charge in [-0.2, -0.15) is 14.9 Å². The molecule has 0 aliphatic heterocycles. The third-order valence-electron chi connectivity index (χ3n) is 2.15. The molecule has 7 heteroatoms. The van der Waals surface area contributed by atoms with Gasteiger partial charge in [-0.3, -0.25) is 5.10 Å². The molecule has 1 aromatic carbocycles. The molecule has 0 spiro atoms. The van der Waals surface area contributed by atoms with Crippen LogP contribution in [0.2, 0.25) is 0 Å². The van der Waals surface area contributed by atoms with Gasteiger partial charge in [0.1, 0.15) is 6.33 Å². The normalized spacial score (nSPS) is 10.9. The van der Waals surface area contributed by atoms with Crippen LogP contribution in [0.15, 0.2) is 29.6 Å². The van der Waals surface area contributed by atoms with Crippen LogP contribution in [-0.2, 0) is 0 Å². The summed E-state index contributed by atoms with van der Waals surface area (Å²) in [5.74, 6) is 0.533. The predicted octanol–water partition coefficient (Wildman–Crippen LogP) is 1.93. The van der Waals surface area contributed by atoms with Crippen LogP contribution in [0.5, 0.6) is 11.5 Å². The molecule has 0 atom stereocenters. The number of ether oxygens (including phenoxy) is 1. The SMILES string of the molecule is CCOc1cc(C=Nn2cn[nH]c2=S)ccc1O. The van der Waals surface area contributed by atoms with E-state index in [-0.39, 0.29) is 5.75 Å². The van der Waals surface area contributed by atoms with Crippen LogP contribution in [0.3, 0.4) is 0 Å². The van der Waals surface area contributed by atoms with E-state index in [2.05, 4.69) is 15.3 Å². The first kappa shape index (κ1) is 12.3. The molecular weight excluding hydrogens is 252 g/mol. The van der Waals surface area contributed by atoms with Crippen LogP contribution < -0.4 is 4.74 Å². The number of H-pyrrole nitrogens is 1. The summed E-state index contributed by atoms with van der Waals surface area (Å²) < 4.78 is 7.13. The van der Waals surface area contributed by atoms with Crippen LogP contribution in [0.25, 0.3) is 0 Å². The average molecular weight is 264 g/mol. The molecule has 2 rings (SSSR count). The molecule has 0 amide bonds. The van der Waals surface area contributed by atoms with Gasteiger partial charge in [0.15, 0.2) is 11.5 Å². The Morgan fingerprint density at radius 1 is 1.61 bits per heavy atom. The molecular formula is C11H12N4O2S. The van der Waals surface area contributed by atoms with E-state index in [9.17, 15) is 5.11 Å². The third kappa shape index (κ3) is 2.75. The molecule has 1 heterocycles. The minimum absolute atomic E-state index is 0.105. The van der Waals surface area contributed by atoms with Gasteiger partial charge in [0.25, 0.3) is 0 Å². The van der Waals surface area contributed by atoms with E-state index < -0.39 is 0 Å². The second-order valence-corrected chi connectivity index (χ2v) is 3.80. The maximum absolute atomic E-state index is 9.56. The summed E-state index contributed by atoms with van der Waals surface area (Å²) in [6.07, 6.45) is 3.08. The molecule has 0 unspecified atom stereocenters. The Morgan fingerprint density at radius 2 is 2.44 bits per heavy atom. The number of hydrogen-bond acceptors (Lipinski definition) is 5. The van der Waals surface area contributed by atoms with E-state index in [1.807, 2.05) is 6.92 Å². The number of nitrogens with zero attached hydrogens (tertiary/aromatic N) is 3. The number of hydrogen-bond donors (Lipinski definition) is 2. The summed E-state index contributed by atoms with van der Waals surface area (Å²) in [4.78, 5) is 0. The number of rotatable bonds is 4. The van der Waals surface area contributed by atoms with Crippen LogP contribution in [0.4, 0.5) is 0 Å². The fourth-order valence-corrected chi connectivity index (χ4v) is 1.48. The van der Waals surface area contributed by atoms with E-state index in [1.54, 1.807) is 24.4 Å². The highest BCUT2D eigenvalue weighted by molar-refractivity contribution is 7.71. The van der Waals surface area contributed by atoms with Crippen LogP contribution in [0, 0.1) is 4.77 Å². The van der Waals surface area contributed by atoms with Gasteiger partial charge in [-0.25, -0.2) is 0 Å². The Bertz CT molecular complexity index is 618. The summed E-state index contributed by atoms with van der Waals surface area (Å²) >= 11 is 4.96. The van der Waals surface area contributed by atoms with Gasteiger partial charge in [-0.15, -0.1) is 0 Å². The van der Waals surface area contributed by atoms with Gasteiger partial charge >= 0.3 is 0 Å². The molecule has 94 valence electrons. The van der Waals surface area contributed by atoms with E-state index in [1.165, 1.54) is 11.0 Å². The van der Waals surface area contributed by atoms with Gasteiger partial charge < -0.3 is 9.84 Å². The van der Waals surface area contributed by atoms with E-state index in [0.717, 1.165) is 5.56 Å². The lowest BCUT2D eigenvalue weighted by Crippen LogP contribution is -1.94. The van der Waals surface area contributed by atoms with Crippen molar-refractivity contribution < 1.29 is 9.84 Å². The molecule has 18 heavy (non-hydrogen) atoms. The Hall–Kier alpha value is -2.15. The van der Waals surface area contributed by atoms with Gasteiger partial charge in [-0.05, 0) is 42.9 Å². The monoisotopic (exact) mass is 264 g/mol. The summed E-state index contributed by atoms with van der Waals surface area (Å²) in [5, 5.41) is 20.0. The Morgan fingerprint density at radius 3 is 3.11 bits per heavy atom. The van der Waals surface area contributed by atoms with Crippen molar-refractivity contribution in [3.63, 3.8) is 0 Å². The number of aromatic hydroxyl groups is 1. The Labute approximate surface area is 109 Å². The topological polar surface area (TPSA) is 75.4 Å². The van der Waals surface area contributed by atoms with Crippen molar-refractivity contribution in [2.75, 3.05) is 6.61 Å². The number of benzene rings is 1. The lowest BCUT2D eigenvalue weighted by atomic mass is 10.2. The predicted molar refractivity (Wildman–Crippen MR) is 69.7 cm³/mol. The van der Waals surface area contributed by atoms with Crippen molar-refractivity contribution in [3.8, 4) is 11.5 Å². The van der Waals surface area contributed by atoms with Crippen molar-refractivity contribution in [1.82, 2.24) is 14.9 Å². The highest BCUT2D eigenvalue weighted by Gasteiger charge is 2.02. The fourth-order valence-electron chi connectivity index (χ4n) is 1.34. The standard InChI is InChI=1S/C11H12N4O2S/c1-2-17-10-5-8(3-4-9(10)16)6-13-15-7-12-14-11(15)18/h3-7,16H,2H2,1H3,(H,14,18). The van der Waals surface area contributed by atoms with Crippen LogP contribution >= 0.6 is 12.2 Å². The van der Waals surface area contributed by atoms with Crippen LogP contribution in [0.1, 0.15) is 12.5 Å². The molecule has 1 aromatic heterocycles. The zero-order chi connectivity index (χ0) is 13.0. The lowest BCUT2D eigenvalue weighted by molar-refractivity contribution is 0.318. The maximum atomic E-state index is 9.56. The van der Waals surface area contributed by atoms with Crippen molar-refractivity contribution in [3.05, 3.63) is 34.9 Å². The maximum Gasteiger partial charge on any atom is 0.216 e. The first-order chi connectivity index (χ1) is 8.70. The molecule has 0 aliphatic carbocycles. The first-order valence-corrected chi connectivity index (χ1v) is 5.73. The van der Waals surface area contributed by atoms with Crippen LogP contribution in [-0.4, -0.2) is 32.8 Å². The summed E-state index contributed by atoms with van der Waals surface area (Å²) in [6, 6.07) is 4.98. The molecule has 0 saturated carbocycles. The van der Waals surface area contributed by atoms with Crippen molar-refractivity contribution in [2.24, 2.45) is 5.10 Å². The number of aromatic amines is 1. The number of nitrogens with one attached hydrogen (secondary N) is 1. The minimum atomic E-state index is 0.105. The van der Waals surface area contributed by atoms with Gasteiger partial charge in [-0.1, -0.05) is 0 Å². The molecule has 0 saturated heterocycles. The Balaban J connectivity index is 2.24. The number of aromatic nitrogens is 3. The van der Waals surface area contributed by atoms with Gasteiger partial charge in [0.2, 0.25) is 4.77 Å². The first-order valence-electron chi connectivity index (χ1n) is 5.33. The summed E-state index contributed by atoms with van der Waals surface area (Å²) in [7, 11) is 0. The number of phenols is 1. The van der Waals surface area contributed by atoms with Gasteiger partial charge in [0.05, 0.1) is 12.8 Å². The van der Waals surface area contributed by atoms with Crippen molar-refractivity contribution in [2.45, 2.75) is 6.92 Å². The van der Waals surface area contributed by atoms with E-state index >= 15 is 0 Å². The molecule has 6 nitrogen and oxygen atoms in total. The van der Waals surface area contributed by atoms with Crippen molar-refractivity contribution >= 4 is 18.4 Å². The lowest BCUT2D eigenvalue weighted by Gasteiger charge is -2.05. The van der Waals surface area contributed by atoms with Gasteiger partial charge in [0, 0.05) is 0 Å². The minimum Gasteiger partial charge on any atom is -0.504 e. The van der Waals surface area contributed by atoms with Crippen molar-refractivity contribution in [1.29, 1.82) is 0 Å². The molecule has 2 N–H and O–H groups in total. The third-order valence-corrected chi connectivity index (χ3v) is 2.43.